The number of aryl methyl sites for hydroxylation is 2. The molecule has 0 aromatic carbocycles. The second kappa shape index (κ2) is 6.55. The van der Waals surface area contributed by atoms with E-state index in [9.17, 15) is 0 Å². The van der Waals surface area contributed by atoms with E-state index < -0.39 is 0 Å². The third-order valence-electron chi connectivity index (χ3n) is 2.63. The first-order valence-corrected chi connectivity index (χ1v) is 6.18. The molecule has 7 heteroatoms. The van der Waals surface area contributed by atoms with Gasteiger partial charge in [0.15, 0.2) is 5.84 Å². The minimum atomic E-state index is 0.0183. The number of pyridine rings is 1. The van der Waals surface area contributed by atoms with E-state index in [1.54, 1.807) is 12.1 Å². The largest absolute Gasteiger partial charge is 0.478 e. The van der Waals surface area contributed by atoms with Crippen molar-refractivity contribution in [3.8, 4) is 5.88 Å². The SMILES string of the molecule is Cc1cc(CCCOc2ccc(/C(N)=N\O)cn2)on1. The summed E-state index contributed by atoms with van der Waals surface area (Å²) < 4.78 is 10.6. The topological polar surface area (TPSA) is 107 Å². The summed E-state index contributed by atoms with van der Waals surface area (Å²) >= 11 is 0. The number of hydrogen-bond acceptors (Lipinski definition) is 6. The Morgan fingerprint density at radius 2 is 2.35 bits per heavy atom. The van der Waals surface area contributed by atoms with E-state index in [2.05, 4.69) is 15.3 Å². The molecule has 0 aliphatic carbocycles. The van der Waals surface area contributed by atoms with Crippen molar-refractivity contribution in [2.75, 3.05) is 6.61 Å². The zero-order valence-electron chi connectivity index (χ0n) is 11.1. The normalized spacial score (nSPS) is 11.6. The van der Waals surface area contributed by atoms with Gasteiger partial charge in [-0.1, -0.05) is 10.3 Å². The lowest BCUT2D eigenvalue weighted by molar-refractivity contribution is 0.290. The maximum absolute atomic E-state index is 8.53. The highest BCUT2D eigenvalue weighted by Gasteiger charge is 2.03. The third-order valence-corrected chi connectivity index (χ3v) is 2.63. The number of hydrogen-bond donors (Lipinski definition) is 2. The van der Waals surface area contributed by atoms with Crippen LogP contribution in [0, 0.1) is 6.92 Å². The summed E-state index contributed by atoms with van der Waals surface area (Å²) in [5, 5.41) is 15.2. The third kappa shape index (κ3) is 3.71. The van der Waals surface area contributed by atoms with Crippen molar-refractivity contribution in [2.45, 2.75) is 19.8 Å². The molecule has 0 fully saturated rings. The summed E-state index contributed by atoms with van der Waals surface area (Å²) in [5.74, 6) is 1.36. The van der Waals surface area contributed by atoms with Crippen molar-refractivity contribution in [3.63, 3.8) is 0 Å². The average molecular weight is 276 g/mol. The second-order valence-electron chi connectivity index (χ2n) is 4.26. The van der Waals surface area contributed by atoms with Gasteiger partial charge in [0.2, 0.25) is 5.88 Å². The molecule has 0 aliphatic heterocycles. The monoisotopic (exact) mass is 276 g/mol. The van der Waals surface area contributed by atoms with Crippen molar-refractivity contribution in [3.05, 3.63) is 41.4 Å². The predicted molar refractivity (Wildman–Crippen MR) is 71.8 cm³/mol. The molecule has 0 atom stereocenters. The molecule has 0 aliphatic rings. The summed E-state index contributed by atoms with van der Waals surface area (Å²) in [6, 6.07) is 5.26. The Hall–Kier alpha value is -2.57. The fourth-order valence-corrected chi connectivity index (χ4v) is 1.63. The molecular weight excluding hydrogens is 260 g/mol. The Labute approximate surface area is 116 Å². The van der Waals surface area contributed by atoms with Gasteiger partial charge < -0.3 is 20.2 Å². The van der Waals surface area contributed by atoms with Gasteiger partial charge in [0, 0.05) is 30.3 Å². The van der Waals surface area contributed by atoms with E-state index in [0.29, 0.717) is 18.1 Å². The van der Waals surface area contributed by atoms with Gasteiger partial charge in [-0.2, -0.15) is 0 Å². The van der Waals surface area contributed by atoms with Crippen LogP contribution in [0.5, 0.6) is 5.88 Å². The number of nitrogens with zero attached hydrogens (tertiary/aromatic N) is 3. The first-order valence-electron chi connectivity index (χ1n) is 6.18. The van der Waals surface area contributed by atoms with Crippen molar-refractivity contribution in [1.29, 1.82) is 0 Å². The van der Waals surface area contributed by atoms with Gasteiger partial charge in [0.25, 0.3) is 0 Å². The molecule has 20 heavy (non-hydrogen) atoms. The van der Waals surface area contributed by atoms with Crippen LogP contribution in [0.25, 0.3) is 0 Å². The molecule has 3 N–H and O–H groups in total. The Kier molecular flexibility index (Phi) is 4.54. The van der Waals surface area contributed by atoms with Gasteiger partial charge in [0.05, 0.1) is 12.3 Å². The first kappa shape index (κ1) is 13.9. The van der Waals surface area contributed by atoms with E-state index >= 15 is 0 Å². The van der Waals surface area contributed by atoms with Crippen LogP contribution in [0.2, 0.25) is 0 Å². The van der Waals surface area contributed by atoms with Gasteiger partial charge in [-0.3, -0.25) is 0 Å². The van der Waals surface area contributed by atoms with Crippen LogP contribution in [0.15, 0.2) is 34.1 Å². The van der Waals surface area contributed by atoms with Crippen LogP contribution in [0.4, 0.5) is 0 Å². The number of nitrogens with two attached hydrogens (primary N) is 1. The summed E-state index contributed by atoms with van der Waals surface area (Å²) in [5.41, 5.74) is 6.85. The number of amidine groups is 1. The lowest BCUT2D eigenvalue weighted by atomic mass is 10.2. The van der Waals surface area contributed by atoms with E-state index in [0.717, 1.165) is 24.3 Å². The van der Waals surface area contributed by atoms with Crippen LogP contribution >= 0.6 is 0 Å². The first-order chi connectivity index (χ1) is 9.69. The summed E-state index contributed by atoms with van der Waals surface area (Å²) in [4.78, 5) is 4.07. The fraction of sp³-hybridized carbons (Fsp3) is 0.308. The molecule has 2 heterocycles. The highest BCUT2D eigenvalue weighted by Crippen LogP contribution is 2.09. The molecule has 0 bridgehead atoms. The molecular formula is C13H16N4O3. The van der Waals surface area contributed by atoms with Crippen LogP contribution in [-0.4, -0.2) is 27.8 Å². The van der Waals surface area contributed by atoms with Gasteiger partial charge in [-0.05, 0) is 19.4 Å². The molecule has 2 aromatic rings. The lowest BCUT2D eigenvalue weighted by Crippen LogP contribution is -2.13. The quantitative estimate of drug-likeness (QED) is 0.272. The molecule has 106 valence electrons. The molecule has 0 unspecified atom stereocenters. The zero-order valence-corrected chi connectivity index (χ0v) is 11.1. The molecule has 0 saturated heterocycles. The maximum atomic E-state index is 8.53. The predicted octanol–water partition coefficient (Wildman–Crippen LogP) is 1.48. The van der Waals surface area contributed by atoms with Gasteiger partial charge in [0.1, 0.15) is 5.76 Å². The van der Waals surface area contributed by atoms with Gasteiger partial charge >= 0.3 is 0 Å². The Morgan fingerprint density at radius 3 is 2.95 bits per heavy atom. The number of rotatable bonds is 6. The highest BCUT2D eigenvalue weighted by molar-refractivity contribution is 5.96. The number of oxime groups is 1. The smallest absolute Gasteiger partial charge is 0.213 e. The Bertz CT molecular complexity index is 578. The van der Waals surface area contributed by atoms with E-state index in [4.69, 9.17) is 20.2 Å². The number of ether oxygens (including phenoxy) is 1. The molecule has 0 saturated carbocycles. The minimum Gasteiger partial charge on any atom is -0.478 e. The molecule has 2 aromatic heterocycles. The summed E-state index contributed by atoms with van der Waals surface area (Å²) in [6.45, 7) is 2.41. The van der Waals surface area contributed by atoms with Gasteiger partial charge in [-0.25, -0.2) is 4.98 Å². The molecule has 0 amide bonds. The van der Waals surface area contributed by atoms with Crippen molar-refractivity contribution >= 4 is 5.84 Å². The second-order valence-corrected chi connectivity index (χ2v) is 4.26. The number of aromatic nitrogens is 2. The highest BCUT2D eigenvalue weighted by atomic mass is 16.5. The Balaban J connectivity index is 1.77. The standard InChI is InChI=1S/C13H16N4O3/c1-9-7-11(20-17-9)3-2-6-19-12-5-4-10(8-15-12)13(14)16-18/h4-5,7-8,18H,2-3,6H2,1H3,(H2,14,16). The average Bonchev–Trinajstić information content (AvgIpc) is 2.89. The van der Waals surface area contributed by atoms with Crippen LogP contribution in [0.1, 0.15) is 23.4 Å². The van der Waals surface area contributed by atoms with Crippen molar-refractivity contribution in [2.24, 2.45) is 10.9 Å². The molecule has 0 spiro atoms. The summed E-state index contributed by atoms with van der Waals surface area (Å²) in [7, 11) is 0. The zero-order chi connectivity index (χ0) is 14.4. The Morgan fingerprint density at radius 1 is 1.50 bits per heavy atom. The summed E-state index contributed by atoms with van der Waals surface area (Å²) in [6.07, 6.45) is 3.06. The molecule has 2 rings (SSSR count). The van der Waals surface area contributed by atoms with E-state index in [-0.39, 0.29) is 5.84 Å². The van der Waals surface area contributed by atoms with Crippen LogP contribution in [-0.2, 0) is 6.42 Å². The van der Waals surface area contributed by atoms with Crippen molar-refractivity contribution < 1.29 is 14.5 Å². The molecule has 0 radical (unpaired) electrons. The lowest BCUT2D eigenvalue weighted by Gasteiger charge is -2.04. The van der Waals surface area contributed by atoms with Gasteiger partial charge in [-0.15, -0.1) is 0 Å². The van der Waals surface area contributed by atoms with Crippen molar-refractivity contribution in [1.82, 2.24) is 10.1 Å². The fourth-order valence-electron chi connectivity index (χ4n) is 1.63. The van der Waals surface area contributed by atoms with Crippen LogP contribution < -0.4 is 10.5 Å². The maximum Gasteiger partial charge on any atom is 0.213 e. The van der Waals surface area contributed by atoms with Crippen LogP contribution in [0.3, 0.4) is 0 Å². The van der Waals surface area contributed by atoms with E-state index in [1.165, 1.54) is 6.20 Å². The van der Waals surface area contributed by atoms with E-state index in [1.807, 2.05) is 13.0 Å². The molecule has 7 nitrogen and oxygen atoms in total. The minimum absolute atomic E-state index is 0.0183.